The van der Waals surface area contributed by atoms with Crippen LogP contribution in [0.4, 0.5) is 4.79 Å². The normalized spacial score (nSPS) is 14.3. The van der Waals surface area contributed by atoms with Crippen LogP contribution in [0.1, 0.15) is 221 Å². The van der Waals surface area contributed by atoms with Gasteiger partial charge in [0.05, 0.1) is 31.0 Å². The van der Waals surface area contributed by atoms with Crippen LogP contribution in [-0.2, 0) is 23.7 Å². The molecule has 3 atom stereocenters. The number of aliphatic hydroxyl groups is 1. The van der Waals surface area contributed by atoms with Crippen molar-refractivity contribution in [2.75, 3.05) is 46.1 Å². The molecule has 9 heteroatoms. The predicted octanol–water partition coefficient (Wildman–Crippen LogP) is 11.8. The maximum atomic E-state index is 12.5. The summed E-state index contributed by atoms with van der Waals surface area (Å²) in [6.45, 7) is 14.9. The number of unbranched alkanes of at least 4 members (excludes halogenated alkanes) is 22. The van der Waals surface area contributed by atoms with Crippen molar-refractivity contribution in [3.63, 3.8) is 0 Å². The Kier molecular flexibility index (Phi) is 37.1. The van der Waals surface area contributed by atoms with Crippen molar-refractivity contribution in [2.24, 2.45) is 0 Å². The third-order valence-corrected chi connectivity index (χ3v) is 11.2. The van der Waals surface area contributed by atoms with Gasteiger partial charge in [-0.05, 0) is 52.4 Å². The van der Waals surface area contributed by atoms with Crippen LogP contribution in [0.5, 0.6) is 0 Å². The van der Waals surface area contributed by atoms with E-state index < -0.39 is 17.3 Å². The summed E-state index contributed by atoms with van der Waals surface area (Å²) in [6.07, 6.45) is 32.9. The van der Waals surface area contributed by atoms with Gasteiger partial charge in [-0.2, -0.15) is 0 Å². The van der Waals surface area contributed by atoms with Gasteiger partial charge in [-0.3, -0.25) is 4.79 Å². The van der Waals surface area contributed by atoms with E-state index >= 15 is 0 Å². The lowest BCUT2D eigenvalue weighted by Gasteiger charge is -2.31. The van der Waals surface area contributed by atoms with Crippen LogP contribution in [0.3, 0.4) is 0 Å². The number of carbonyl (C=O) groups excluding carboxylic acids is 2. The fourth-order valence-corrected chi connectivity index (χ4v) is 6.54. The summed E-state index contributed by atoms with van der Waals surface area (Å²) in [6, 6.07) is 0. The third-order valence-electron chi connectivity index (χ3n) is 11.2. The predicted molar refractivity (Wildman–Crippen MR) is 230 cm³/mol. The standard InChI is InChI=1S/C46H92N2O7/c1-7-11-13-15-17-19-21-23-25-27-29-31-36-52-40-42(53-37-32-30-28-26-24-22-20-18-16-14-12-8-2)41-54-44(50)48-39-43(49)47-35-33-46(6,10-4)55-38-34-45(5,51)9-3/h42,51H,7-41H2,1-6H3,(H,47,49)(H,48,50)/t42-,45?,46?/m0/s1. The van der Waals surface area contributed by atoms with Gasteiger partial charge in [-0.1, -0.05) is 169 Å². The molecule has 2 amide bonds. The van der Waals surface area contributed by atoms with Gasteiger partial charge in [0.2, 0.25) is 5.91 Å². The topological polar surface area (TPSA) is 115 Å². The second kappa shape index (κ2) is 38.1. The molecule has 0 fully saturated rings. The molecule has 0 heterocycles. The zero-order valence-electron chi connectivity index (χ0n) is 37.2. The van der Waals surface area contributed by atoms with Crippen LogP contribution in [0.15, 0.2) is 0 Å². The molecule has 9 nitrogen and oxygen atoms in total. The number of carbonyl (C=O) groups is 2. The summed E-state index contributed by atoms with van der Waals surface area (Å²) < 4.78 is 23.7. The average Bonchev–Trinajstić information content (AvgIpc) is 3.17. The minimum absolute atomic E-state index is 0.0846. The Bertz CT molecular complexity index is 858. The minimum Gasteiger partial charge on any atom is -0.447 e. The van der Waals surface area contributed by atoms with Crippen LogP contribution in [-0.4, -0.2) is 80.5 Å². The minimum atomic E-state index is -0.736. The Labute approximate surface area is 340 Å². The van der Waals surface area contributed by atoms with Gasteiger partial charge in [0.1, 0.15) is 12.7 Å². The summed E-state index contributed by atoms with van der Waals surface area (Å²) in [7, 11) is 0. The maximum absolute atomic E-state index is 12.5. The van der Waals surface area contributed by atoms with Gasteiger partial charge in [-0.25, -0.2) is 4.79 Å². The van der Waals surface area contributed by atoms with Crippen molar-refractivity contribution < 1.29 is 33.6 Å². The Morgan fingerprint density at radius 2 is 1.04 bits per heavy atom. The lowest BCUT2D eigenvalue weighted by Crippen LogP contribution is -2.41. The van der Waals surface area contributed by atoms with Crippen molar-refractivity contribution in [2.45, 2.75) is 239 Å². The highest BCUT2D eigenvalue weighted by molar-refractivity contribution is 5.82. The molecule has 0 aliphatic carbocycles. The van der Waals surface area contributed by atoms with E-state index in [4.69, 9.17) is 18.9 Å². The molecule has 55 heavy (non-hydrogen) atoms. The third kappa shape index (κ3) is 36.7. The van der Waals surface area contributed by atoms with Crippen molar-refractivity contribution in [1.82, 2.24) is 10.6 Å². The molecule has 0 bridgehead atoms. The van der Waals surface area contributed by atoms with Crippen molar-refractivity contribution in [3.8, 4) is 0 Å². The molecule has 0 aromatic heterocycles. The molecule has 0 aromatic carbocycles. The van der Waals surface area contributed by atoms with Gasteiger partial charge >= 0.3 is 6.09 Å². The molecule has 0 radical (unpaired) electrons. The summed E-state index contributed by atoms with van der Waals surface area (Å²) in [5.41, 5.74) is -1.14. The van der Waals surface area contributed by atoms with Gasteiger partial charge in [0, 0.05) is 19.8 Å². The highest BCUT2D eigenvalue weighted by Gasteiger charge is 2.25. The molecule has 0 spiro atoms. The van der Waals surface area contributed by atoms with Gasteiger partial charge in [-0.15, -0.1) is 0 Å². The first kappa shape index (κ1) is 53.6. The number of hydrogen-bond acceptors (Lipinski definition) is 7. The summed E-state index contributed by atoms with van der Waals surface area (Å²) in [5, 5.41) is 15.7. The first-order valence-corrected chi connectivity index (χ1v) is 23.3. The smallest absolute Gasteiger partial charge is 0.407 e. The molecule has 0 saturated carbocycles. The Morgan fingerprint density at radius 1 is 0.564 bits per heavy atom. The van der Waals surface area contributed by atoms with E-state index in [0.717, 1.165) is 25.7 Å². The number of ether oxygens (including phenoxy) is 4. The number of nitrogens with one attached hydrogen (secondary N) is 2. The van der Waals surface area contributed by atoms with E-state index in [2.05, 4.69) is 31.4 Å². The number of rotatable bonds is 42. The Hall–Kier alpha value is -1.42. The molecular weight excluding hydrogens is 693 g/mol. The SMILES string of the molecule is CCCCCCCCCCCCCCOC[C@@H](COC(=O)NCC(=O)NCCC(C)(CC)OCCC(C)(O)CC)OCCCCCCCCCCCCCC. The second-order valence-electron chi connectivity index (χ2n) is 16.7. The quantitative estimate of drug-likeness (QED) is 0.0528. The molecule has 0 aliphatic rings. The fraction of sp³-hybridized carbons (Fsp3) is 0.957. The Balaban J connectivity index is 4.41. The van der Waals surface area contributed by atoms with E-state index in [1.54, 1.807) is 0 Å². The fourth-order valence-electron chi connectivity index (χ4n) is 6.54. The van der Waals surface area contributed by atoms with Crippen molar-refractivity contribution >= 4 is 12.0 Å². The molecule has 2 unspecified atom stereocenters. The molecule has 3 N–H and O–H groups in total. The van der Waals surface area contributed by atoms with E-state index in [0.29, 0.717) is 52.2 Å². The molecule has 0 rings (SSSR count). The molecule has 0 aromatic rings. The summed E-state index contributed by atoms with van der Waals surface area (Å²) in [5.74, 6) is -0.283. The largest absolute Gasteiger partial charge is 0.447 e. The van der Waals surface area contributed by atoms with Crippen molar-refractivity contribution in [3.05, 3.63) is 0 Å². The molecule has 0 saturated heterocycles. The Morgan fingerprint density at radius 3 is 1.51 bits per heavy atom. The van der Waals surface area contributed by atoms with Gasteiger partial charge in [0.15, 0.2) is 0 Å². The van der Waals surface area contributed by atoms with Crippen LogP contribution in [0.25, 0.3) is 0 Å². The van der Waals surface area contributed by atoms with Crippen LogP contribution in [0.2, 0.25) is 0 Å². The molecular formula is C46H92N2O7. The van der Waals surface area contributed by atoms with E-state index in [9.17, 15) is 14.7 Å². The molecule has 0 aliphatic heterocycles. The maximum Gasteiger partial charge on any atom is 0.407 e. The lowest BCUT2D eigenvalue weighted by molar-refractivity contribution is -0.120. The summed E-state index contributed by atoms with van der Waals surface area (Å²) >= 11 is 0. The second-order valence-corrected chi connectivity index (χ2v) is 16.7. The van der Waals surface area contributed by atoms with Crippen LogP contribution >= 0.6 is 0 Å². The first-order valence-electron chi connectivity index (χ1n) is 23.3. The highest BCUT2D eigenvalue weighted by Crippen LogP contribution is 2.22. The first-order chi connectivity index (χ1) is 26.6. The highest BCUT2D eigenvalue weighted by atomic mass is 16.6. The number of hydrogen-bond donors (Lipinski definition) is 3. The molecule has 328 valence electrons. The van der Waals surface area contributed by atoms with Gasteiger partial charge in [0.25, 0.3) is 0 Å². The zero-order valence-corrected chi connectivity index (χ0v) is 37.2. The zero-order chi connectivity index (χ0) is 40.7. The average molecular weight is 785 g/mol. The monoisotopic (exact) mass is 785 g/mol. The number of alkyl carbamates (subject to hydrolysis) is 1. The van der Waals surface area contributed by atoms with E-state index in [1.165, 1.54) is 135 Å². The summed E-state index contributed by atoms with van der Waals surface area (Å²) in [4.78, 5) is 24.9. The number of amides is 2. The van der Waals surface area contributed by atoms with E-state index in [-0.39, 0.29) is 25.2 Å². The van der Waals surface area contributed by atoms with Gasteiger partial charge < -0.3 is 34.7 Å². The van der Waals surface area contributed by atoms with E-state index in [1.807, 2.05) is 20.8 Å². The van der Waals surface area contributed by atoms with Crippen LogP contribution in [0, 0.1) is 0 Å². The lowest BCUT2D eigenvalue weighted by atomic mass is 9.97. The van der Waals surface area contributed by atoms with Crippen LogP contribution < -0.4 is 10.6 Å². The van der Waals surface area contributed by atoms with Crippen molar-refractivity contribution in [1.29, 1.82) is 0 Å².